The number of aromatic nitrogens is 1. The number of pyridine rings is 1. The SMILES string of the molecule is CC(C)Cn1ccc(C(=O)NCCCOc2ccc(Cl)cc2)c(O)c1=O. The minimum absolute atomic E-state index is 0.0198. The summed E-state index contributed by atoms with van der Waals surface area (Å²) in [4.78, 5) is 24.2. The molecule has 2 aromatic rings. The molecule has 7 heteroatoms. The van der Waals surface area contributed by atoms with Gasteiger partial charge in [0.1, 0.15) is 5.75 Å². The fourth-order valence-electron chi connectivity index (χ4n) is 2.37. The number of hydrogen-bond acceptors (Lipinski definition) is 4. The van der Waals surface area contributed by atoms with Gasteiger partial charge in [0.25, 0.3) is 11.5 Å². The van der Waals surface area contributed by atoms with E-state index in [2.05, 4.69) is 5.32 Å². The fourth-order valence-corrected chi connectivity index (χ4v) is 2.50. The zero-order valence-electron chi connectivity index (χ0n) is 14.9. The molecule has 1 aromatic heterocycles. The molecule has 1 heterocycles. The van der Waals surface area contributed by atoms with E-state index in [-0.39, 0.29) is 11.5 Å². The van der Waals surface area contributed by atoms with Crippen molar-refractivity contribution in [3.63, 3.8) is 0 Å². The zero-order valence-corrected chi connectivity index (χ0v) is 15.6. The van der Waals surface area contributed by atoms with Gasteiger partial charge in [-0.25, -0.2) is 0 Å². The smallest absolute Gasteiger partial charge is 0.293 e. The Morgan fingerprint density at radius 3 is 2.62 bits per heavy atom. The Hall–Kier alpha value is -2.47. The molecule has 0 aliphatic rings. The predicted octanol–water partition coefficient (Wildman–Crippen LogP) is 3.06. The number of ether oxygens (including phenoxy) is 1. The first-order valence-electron chi connectivity index (χ1n) is 8.47. The fraction of sp³-hybridized carbons (Fsp3) is 0.368. The number of aromatic hydroxyl groups is 1. The lowest BCUT2D eigenvalue weighted by Gasteiger charge is -2.11. The molecule has 26 heavy (non-hydrogen) atoms. The van der Waals surface area contributed by atoms with E-state index < -0.39 is 17.2 Å². The average Bonchev–Trinajstić information content (AvgIpc) is 2.60. The Balaban J connectivity index is 1.83. The molecule has 6 nitrogen and oxygen atoms in total. The van der Waals surface area contributed by atoms with Crippen LogP contribution in [0.1, 0.15) is 30.6 Å². The number of amides is 1. The summed E-state index contributed by atoms with van der Waals surface area (Å²) in [5.41, 5.74) is -0.578. The summed E-state index contributed by atoms with van der Waals surface area (Å²) >= 11 is 5.80. The molecule has 0 atom stereocenters. The van der Waals surface area contributed by atoms with Gasteiger partial charge in [0, 0.05) is 24.3 Å². The maximum Gasteiger partial charge on any atom is 0.293 e. The standard InChI is InChI=1S/C19H23ClN2O4/c1-13(2)12-22-10-8-16(17(23)19(22)25)18(24)21-9-3-11-26-15-6-4-14(20)5-7-15/h4-8,10,13,23H,3,9,11-12H2,1-2H3,(H,21,24). The van der Waals surface area contributed by atoms with E-state index in [1.807, 2.05) is 13.8 Å². The summed E-state index contributed by atoms with van der Waals surface area (Å²) in [5, 5.41) is 13.3. The highest BCUT2D eigenvalue weighted by molar-refractivity contribution is 6.30. The van der Waals surface area contributed by atoms with Crippen molar-refractivity contribution in [1.82, 2.24) is 9.88 Å². The molecule has 0 bridgehead atoms. The molecule has 0 saturated heterocycles. The molecule has 0 spiro atoms. The van der Waals surface area contributed by atoms with Crippen LogP contribution in [0, 0.1) is 5.92 Å². The molecule has 0 saturated carbocycles. The third-order valence-electron chi connectivity index (χ3n) is 3.64. The monoisotopic (exact) mass is 378 g/mol. The highest BCUT2D eigenvalue weighted by Gasteiger charge is 2.15. The van der Waals surface area contributed by atoms with E-state index in [0.717, 1.165) is 0 Å². The lowest BCUT2D eigenvalue weighted by atomic mass is 10.2. The maximum absolute atomic E-state index is 12.1. The van der Waals surface area contributed by atoms with E-state index in [1.165, 1.54) is 16.8 Å². The second-order valence-electron chi connectivity index (χ2n) is 6.34. The van der Waals surface area contributed by atoms with Gasteiger partial charge in [0.05, 0.1) is 12.2 Å². The van der Waals surface area contributed by atoms with Crippen LogP contribution in [-0.2, 0) is 6.54 Å². The van der Waals surface area contributed by atoms with E-state index in [1.54, 1.807) is 24.3 Å². The van der Waals surface area contributed by atoms with Crippen LogP contribution in [0.4, 0.5) is 0 Å². The lowest BCUT2D eigenvalue weighted by Crippen LogP contribution is -2.29. The van der Waals surface area contributed by atoms with Crippen molar-refractivity contribution in [3.05, 3.63) is 57.5 Å². The molecule has 0 aliphatic heterocycles. The molecule has 0 unspecified atom stereocenters. The second-order valence-corrected chi connectivity index (χ2v) is 6.78. The minimum Gasteiger partial charge on any atom is -0.502 e. The van der Waals surface area contributed by atoms with Gasteiger partial charge in [0.15, 0.2) is 5.75 Å². The predicted molar refractivity (Wildman–Crippen MR) is 101 cm³/mol. The Morgan fingerprint density at radius 1 is 1.27 bits per heavy atom. The molecule has 0 radical (unpaired) electrons. The summed E-state index contributed by atoms with van der Waals surface area (Å²) in [6, 6.07) is 8.47. The van der Waals surface area contributed by atoms with Crippen molar-refractivity contribution < 1.29 is 14.6 Å². The van der Waals surface area contributed by atoms with Gasteiger partial charge < -0.3 is 19.7 Å². The summed E-state index contributed by atoms with van der Waals surface area (Å²) in [6.45, 7) is 5.20. The van der Waals surface area contributed by atoms with Gasteiger partial charge >= 0.3 is 0 Å². The van der Waals surface area contributed by atoms with Crippen LogP contribution in [0.15, 0.2) is 41.3 Å². The number of carbonyl (C=O) groups excluding carboxylic acids is 1. The molecule has 140 valence electrons. The Bertz CT molecular complexity index is 800. The average molecular weight is 379 g/mol. The number of rotatable bonds is 8. The maximum atomic E-state index is 12.1. The molecule has 2 rings (SSSR count). The Labute approximate surface area is 157 Å². The van der Waals surface area contributed by atoms with Gasteiger partial charge in [-0.3, -0.25) is 9.59 Å². The molecule has 0 aliphatic carbocycles. The zero-order chi connectivity index (χ0) is 19.1. The molecule has 1 aromatic carbocycles. The van der Waals surface area contributed by atoms with Crippen molar-refractivity contribution in [2.75, 3.05) is 13.2 Å². The quantitative estimate of drug-likeness (QED) is 0.692. The topological polar surface area (TPSA) is 80.6 Å². The van der Waals surface area contributed by atoms with Crippen molar-refractivity contribution >= 4 is 17.5 Å². The van der Waals surface area contributed by atoms with Crippen LogP contribution < -0.4 is 15.6 Å². The normalized spacial score (nSPS) is 10.8. The van der Waals surface area contributed by atoms with E-state index in [9.17, 15) is 14.7 Å². The van der Waals surface area contributed by atoms with Crippen LogP contribution in [-0.4, -0.2) is 28.7 Å². The van der Waals surface area contributed by atoms with Crippen LogP contribution in [0.2, 0.25) is 5.02 Å². The third-order valence-corrected chi connectivity index (χ3v) is 3.89. The van der Waals surface area contributed by atoms with Crippen LogP contribution in [0.5, 0.6) is 11.5 Å². The largest absolute Gasteiger partial charge is 0.502 e. The minimum atomic E-state index is -0.558. The van der Waals surface area contributed by atoms with Crippen molar-refractivity contribution in [1.29, 1.82) is 0 Å². The first-order valence-corrected chi connectivity index (χ1v) is 8.85. The molecular formula is C19H23ClN2O4. The number of halogens is 1. The highest BCUT2D eigenvalue weighted by atomic mass is 35.5. The van der Waals surface area contributed by atoms with Crippen LogP contribution in [0.3, 0.4) is 0 Å². The molecular weight excluding hydrogens is 356 g/mol. The number of nitrogens with zero attached hydrogens (tertiary/aromatic N) is 1. The van der Waals surface area contributed by atoms with Crippen molar-refractivity contribution in [3.8, 4) is 11.5 Å². The Morgan fingerprint density at radius 2 is 1.96 bits per heavy atom. The number of carbonyl (C=O) groups is 1. The van der Waals surface area contributed by atoms with Gasteiger partial charge in [-0.05, 0) is 42.7 Å². The summed E-state index contributed by atoms with van der Waals surface area (Å²) in [5.74, 6) is -0.0506. The van der Waals surface area contributed by atoms with Gasteiger partial charge in [0.2, 0.25) is 0 Å². The van der Waals surface area contributed by atoms with E-state index in [0.29, 0.717) is 36.9 Å². The van der Waals surface area contributed by atoms with Gasteiger partial charge in [-0.1, -0.05) is 25.4 Å². The number of hydrogen-bond donors (Lipinski definition) is 2. The summed E-state index contributed by atoms with van der Waals surface area (Å²) in [6.07, 6.45) is 2.11. The summed E-state index contributed by atoms with van der Waals surface area (Å²) < 4.78 is 6.93. The van der Waals surface area contributed by atoms with Gasteiger partial charge in [-0.15, -0.1) is 0 Å². The lowest BCUT2D eigenvalue weighted by molar-refractivity contribution is 0.0948. The number of benzene rings is 1. The highest BCUT2D eigenvalue weighted by Crippen LogP contribution is 2.15. The molecule has 1 amide bonds. The first-order chi connectivity index (χ1) is 12.4. The van der Waals surface area contributed by atoms with E-state index in [4.69, 9.17) is 16.3 Å². The van der Waals surface area contributed by atoms with Crippen LogP contribution >= 0.6 is 11.6 Å². The number of nitrogens with one attached hydrogen (secondary N) is 1. The third kappa shape index (κ3) is 5.52. The Kier molecular flexibility index (Phi) is 7.09. The van der Waals surface area contributed by atoms with Crippen LogP contribution in [0.25, 0.3) is 0 Å². The first kappa shape index (κ1) is 19.8. The second kappa shape index (κ2) is 9.29. The molecule has 0 fully saturated rings. The summed E-state index contributed by atoms with van der Waals surface area (Å²) in [7, 11) is 0. The van der Waals surface area contributed by atoms with E-state index >= 15 is 0 Å². The van der Waals surface area contributed by atoms with Gasteiger partial charge in [-0.2, -0.15) is 0 Å². The van der Waals surface area contributed by atoms with Crippen molar-refractivity contribution in [2.45, 2.75) is 26.8 Å². The molecule has 2 N–H and O–H groups in total. The van der Waals surface area contributed by atoms with Crippen molar-refractivity contribution in [2.24, 2.45) is 5.92 Å².